The Hall–Kier alpha value is -4.83. The average Bonchev–Trinajstić information content (AvgIpc) is 3.23. The zero-order chi connectivity index (χ0) is 54.0. The maximum Gasteiger partial charge on any atom is 0.416 e. The molecule has 0 aliphatic heterocycles. The summed E-state index contributed by atoms with van der Waals surface area (Å²) >= 11 is 3.31. The third-order valence-electron chi connectivity index (χ3n) is 10.7. The summed E-state index contributed by atoms with van der Waals surface area (Å²) in [6, 6.07) is 37.9. The van der Waals surface area contributed by atoms with Gasteiger partial charge in [0.15, 0.2) is 0 Å². The first-order valence-electron chi connectivity index (χ1n) is 23.3. The number of rotatable bonds is 3. The number of hydrogen-bond acceptors (Lipinski definition) is 0. The molecule has 0 saturated carbocycles. The summed E-state index contributed by atoms with van der Waals surface area (Å²) in [5.41, 5.74) is 5.65. The fourth-order valence-corrected chi connectivity index (χ4v) is 7.40. The van der Waals surface area contributed by atoms with Gasteiger partial charge < -0.3 is 0 Å². The van der Waals surface area contributed by atoms with Crippen LogP contribution in [0.25, 0.3) is 0 Å². The molecule has 0 bridgehead atoms. The lowest BCUT2D eigenvalue weighted by molar-refractivity contribution is -0.139. The molecule has 0 saturated heterocycles. The Balaban J connectivity index is 0.000000830. The predicted octanol–water partition coefficient (Wildman–Crippen LogP) is 21.5. The first-order valence-corrected chi connectivity index (χ1v) is 24.1. The standard InChI is InChI=1S/2C11H13F3.2C10H13F.C9H10BrF.C9H12.CH4/c1-10(2,3)8-4-6-9(7-5-8)11(12,13)14;1-10(2,3)8-6-4-5-7-9(8)11(12,13)14;1-10(2,3)8-4-6-9(11)7-5-8;1-7(2)10-5-4-9(11)6-8(10)3;1-6(2)8-4-3-7(11)5-9(8)10;1-8(2)9-6-4-3-5-7-9;/h2*4-7H,1-3H3;2*4-7H,1-3H3;3-6H,1-2H3;3-8H,1-2H3;1H4. The summed E-state index contributed by atoms with van der Waals surface area (Å²) in [4.78, 5) is 0. The topological polar surface area (TPSA) is 0 Å². The summed E-state index contributed by atoms with van der Waals surface area (Å²) in [5.74, 6) is 1.07. The Kier molecular flexibility index (Phi) is 27.0. The predicted molar refractivity (Wildman–Crippen MR) is 286 cm³/mol. The summed E-state index contributed by atoms with van der Waals surface area (Å²) in [5, 5.41) is 0. The molecule has 0 fully saturated rings. The van der Waals surface area contributed by atoms with Crippen LogP contribution in [0.5, 0.6) is 0 Å². The largest absolute Gasteiger partial charge is 0.416 e. The lowest BCUT2D eigenvalue weighted by atomic mass is 9.83. The molecular weight excluding hydrogens is 984 g/mol. The molecule has 0 spiro atoms. The fourth-order valence-electron chi connectivity index (χ4n) is 6.59. The van der Waals surface area contributed by atoms with E-state index in [0.29, 0.717) is 23.3 Å². The second-order valence-electron chi connectivity index (χ2n) is 20.9. The van der Waals surface area contributed by atoms with E-state index >= 15 is 0 Å². The van der Waals surface area contributed by atoms with Crippen LogP contribution in [0.2, 0.25) is 0 Å². The molecule has 0 aliphatic rings. The van der Waals surface area contributed by atoms with Gasteiger partial charge in [-0.1, -0.05) is 212 Å². The van der Waals surface area contributed by atoms with Crippen LogP contribution in [0.15, 0.2) is 144 Å². The van der Waals surface area contributed by atoms with Gasteiger partial charge in [0.1, 0.15) is 17.5 Å². The number of aryl methyl sites for hydroxylation is 1. The van der Waals surface area contributed by atoms with Gasteiger partial charge >= 0.3 is 12.4 Å². The van der Waals surface area contributed by atoms with Gasteiger partial charge in [0.2, 0.25) is 0 Å². The van der Waals surface area contributed by atoms with Crippen molar-refractivity contribution < 1.29 is 39.5 Å². The van der Waals surface area contributed by atoms with Crippen LogP contribution in [0, 0.1) is 24.4 Å². The molecule has 0 aromatic heterocycles. The summed E-state index contributed by atoms with van der Waals surface area (Å²) in [6.45, 7) is 32.3. The van der Waals surface area contributed by atoms with Gasteiger partial charge in [0.05, 0.1) is 11.1 Å². The normalized spacial score (nSPS) is 11.5. The van der Waals surface area contributed by atoms with E-state index in [1.54, 1.807) is 32.9 Å². The van der Waals surface area contributed by atoms with Crippen LogP contribution in [-0.2, 0) is 28.6 Å². The van der Waals surface area contributed by atoms with E-state index in [1.165, 1.54) is 71.3 Å². The number of halogens is 10. The Morgan fingerprint density at radius 1 is 0.380 bits per heavy atom. The van der Waals surface area contributed by atoms with Gasteiger partial charge in [-0.3, -0.25) is 0 Å². The first-order chi connectivity index (χ1) is 32.0. The minimum atomic E-state index is -4.26. The molecule has 6 aromatic carbocycles. The molecule has 0 atom stereocenters. The average molecular weight is 1060 g/mol. The second kappa shape index (κ2) is 29.0. The molecular formula is C61H78BrF9. The van der Waals surface area contributed by atoms with Crippen molar-refractivity contribution in [2.24, 2.45) is 0 Å². The minimum absolute atomic E-state index is 0. The molecule has 0 N–H and O–H groups in total. The molecule has 0 heterocycles. The summed E-state index contributed by atoms with van der Waals surface area (Å²) < 4.78 is 113. The Bertz CT molecular complexity index is 2290. The van der Waals surface area contributed by atoms with Gasteiger partial charge in [0.25, 0.3) is 0 Å². The zero-order valence-electron chi connectivity index (χ0n) is 43.8. The monoisotopic (exact) mass is 1060 g/mol. The highest BCUT2D eigenvalue weighted by molar-refractivity contribution is 9.10. The quantitative estimate of drug-likeness (QED) is 0.155. The van der Waals surface area contributed by atoms with Crippen molar-refractivity contribution in [1.82, 2.24) is 0 Å². The Morgan fingerprint density at radius 3 is 1.07 bits per heavy atom. The highest BCUT2D eigenvalue weighted by atomic mass is 79.9. The Morgan fingerprint density at radius 2 is 0.746 bits per heavy atom. The van der Waals surface area contributed by atoms with Crippen molar-refractivity contribution in [3.05, 3.63) is 212 Å². The van der Waals surface area contributed by atoms with E-state index in [2.05, 4.69) is 103 Å². The number of benzene rings is 6. The van der Waals surface area contributed by atoms with E-state index in [4.69, 9.17) is 0 Å². The molecule has 392 valence electrons. The van der Waals surface area contributed by atoms with E-state index < -0.39 is 28.9 Å². The number of hydrogen-bond donors (Lipinski definition) is 0. The number of alkyl halides is 6. The third-order valence-corrected chi connectivity index (χ3v) is 11.4. The van der Waals surface area contributed by atoms with Crippen molar-refractivity contribution >= 4 is 15.9 Å². The van der Waals surface area contributed by atoms with Crippen LogP contribution in [0.1, 0.15) is 179 Å². The highest BCUT2D eigenvalue weighted by Crippen LogP contribution is 2.37. The maximum atomic E-state index is 12.6. The summed E-state index contributed by atoms with van der Waals surface area (Å²) in [6.07, 6.45) is -8.50. The van der Waals surface area contributed by atoms with Gasteiger partial charge in [0, 0.05) is 4.47 Å². The van der Waals surface area contributed by atoms with Crippen molar-refractivity contribution in [3.8, 4) is 0 Å². The third kappa shape index (κ3) is 24.9. The van der Waals surface area contributed by atoms with Gasteiger partial charge in [-0.25, -0.2) is 13.2 Å². The Labute approximate surface area is 429 Å². The van der Waals surface area contributed by atoms with E-state index in [1.807, 2.05) is 58.0 Å². The van der Waals surface area contributed by atoms with Crippen molar-refractivity contribution in [2.75, 3.05) is 0 Å². The smallest absolute Gasteiger partial charge is 0.207 e. The van der Waals surface area contributed by atoms with E-state index in [9.17, 15) is 39.5 Å². The molecule has 0 nitrogen and oxygen atoms in total. The van der Waals surface area contributed by atoms with E-state index in [-0.39, 0.29) is 35.7 Å². The van der Waals surface area contributed by atoms with Crippen molar-refractivity contribution in [1.29, 1.82) is 0 Å². The fraction of sp³-hybridized carbons (Fsp3) is 0.410. The van der Waals surface area contributed by atoms with E-state index in [0.717, 1.165) is 39.4 Å². The van der Waals surface area contributed by atoms with Crippen LogP contribution in [0.3, 0.4) is 0 Å². The molecule has 0 amide bonds. The lowest BCUT2D eigenvalue weighted by Crippen LogP contribution is -2.19. The highest BCUT2D eigenvalue weighted by Gasteiger charge is 2.36. The molecule has 6 aromatic rings. The van der Waals surface area contributed by atoms with Gasteiger partial charge in [-0.05, 0) is 134 Å². The van der Waals surface area contributed by atoms with Gasteiger partial charge in [-0.2, -0.15) is 26.3 Å². The molecule has 6 rings (SSSR count). The molecule has 0 aliphatic carbocycles. The second-order valence-corrected chi connectivity index (χ2v) is 21.8. The SMILES string of the molecule is C.CC(C)(C)c1ccc(C(F)(F)F)cc1.CC(C)(C)c1ccc(F)cc1.CC(C)(C)c1ccccc1C(F)(F)F.CC(C)c1ccc(F)cc1Br.CC(C)c1ccccc1.Cc1cc(F)ccc1C(C)C. The molecule has 71 heavy (non-hydrogen) atoms. The lowest BCUT2D eigenvalue weighted by Gasteiger charge is -2.23. The zero-order valence-corrected chi connectivity index (χ0v) is 45.4. The summed E-state index contributed by atoms with van der Waals surface area (Å²) in [7, 11) is 0. The first kappa shape index (κ1) is 66.2. The maximum absolute atomic E-state index is 12.6. The molecule has 0 unspecified atom stereocenters. The van der Waals surface area contributed by atoms with Crippen molar-refractivity contribution in [3.63, 3.8) is 0 Å². The van der Waals surface area contributed by atoms with Crippen LogP contribution >= 0.6 is 15.9 Å². The molecule has 10 heteroatoms. The van der Waals surface area contributed by atoms with Crippen LogP contribution < -0.4 is 0 Å². The van der Waals surface area contributed by atoms with Crippen LogP contribution in [-0.4, -0.2) is 0 Å². The molecule has 0 radical (unpaired) electrons. The van der Waals surface area contributed by atoms with Gasteiger partial charge in [-0.15, -0.1) is 0 Å². The van der Waals surface area contributed by atoms with Crippen LogP contribution in [0.4, 0.5) is 39.5 Å². The van der Waals surface area contributed by atoms with Crippen molar-refractivity contribution in [2.45, 2.75) is 165 Å². The minimum Gasteiger partial charge on any atom is -0.207 e.